The Hall–Kier alpha value is -4.04. The minimum absolute atomic E-state index is 0.0124. The average molecular weight is 710 g/mol. The molecule has 7 nitrogen and oxygen atoms in total. The topological polar surface area (TPSA) is 101 Å². The summed E-state index contributed by atoms with van der Waals surface area (Å²) in [5.74, 6) is -6.52. The Morgan fingerprint density at radius 2 is 1.52 bits per heavy atom. The summed E-state index contributed by atoms with van der Waals surface area (Å²) in [4.78, 5) is 54.7. The summed E-state index contributed by atoms with van der Waals surface area (Å²) in [7, 11) is 0. The lowest BCUT2D eigenvalue weighted by molar-refractivity contribution is -0.143. The van der Waals surface area contributed by atoms with Gasteiger partial charge in [0.05, 0.1) is 39.7 Å². The molecule has 2 amide bonds. The van der Waals surface area contributed by atoms with Crippen LogP contribution in [0.5, 0.6) is 5.75 Å². The maximum Gasteiger partial charge on any atom is 0.416 e. The Morgan fingerprint density at radius 1 is 0.891 bits per heavy atom. The summed E-state index contributed by atoms with van der Waals surface area (Å²) in [5, 5.41) is 9.05. The maximum atomic E-state index is 14.0. The molecule has 4 unspecified atom stereocenters. The molecule has 0 bridgehead atoms. The van der Waals surface area contributed by atoms with E-state index < -0.39 is 76.2 Å². The van der Waals surface area contributed by atoms with Crippen molar-refractivity contribution in [1.82, 2.24) is 0 Å². The number of hydrogen-bond donors (Lipinski definition) is 1. The largest absolute Gasteiger partial charge is 0.491 e. The highest BCUT2D eigenvalue weighted by Gasteiger charge is 2.57. The Bertz CT molecular complexity index is 1740. The van der Waals surface area contributed by atoms with Crippen molar-refractivity contribution in [2.75, 3.05) is 18.1 Å². The number of ketones is 2. The van der Waals surface area contributed by atoms with Crippen molar-refractivity contribution in [3.05, 3.63) is 92.5 Å². The summed E-state index contributed by atoms with van der Waals surface area (Å²) >= 11 is 3.11. The molecule has 2 aromatic carbocycles. The van der Waals surface area contributed by atoms with E-state index >= 15 is 0 Å². The van der Waals surface area contributed by atoms with Gasteiger partial charge in [-0.2, -0.15) is 26.3 Å². The molecule has 1 aliphatic heterocycles. The van der Waals surface area contributed by atoms with E-state index in [2.05, 4.69) is 15.9 Å². The molecule has 4 aliphatic rings. The van der Waals surface area contributed by atoms with Crippen LogP contribution in [0.25, 0.3) is 0 Å². The van der Waals surface area contributed by atoms with Crippen LogP contribution in [0.2, 0.25) is 0 Å². The Morgan fingerprint density at radius 3 is 2.11 bits per heavy atom. The monoisotopic (exact) mass is 709 g/mol. The quantitative estimate of drug-likeness (QED) is 0.175. The van der Waals surface area contributed by atoms with Crippen molar-refractivity contribution < 1.29 is 55.4 Å². The third-order valence-electron chi connectivity index (χ3n) is 8.74. The lowest BCUT2D eigenvalue weighted by atomic mass is 9.59. The van der Waals surface area contributed by atoms with Crippen molar-refractivity contribution in [3.63, 3.8) is 0 Å². The van der Waals surface area contributed by atoms with Crippen LogP contribution in [0.1, 0.15) is 35.4 Å². The fourth-order valence-corrected chi connectivity index (χ4v) is 7.28. The predicted octanol–water partition coefficient (Wildman–Crippen LogP) is 6.06. The number of aliphatic hydroxyl groups excluding tert-OH is 1. The van der Waals surface area contributed by atoms with Gasteiger partial charge in [-0.3, -0.25) is 19.2 Å². The number of carbonyl (C=O) groups excluding carboxylic acids is 4. The molecule has 1 saturated heterocycles. The number of rotatable bonds is 5. The molecule has 46 heavy (non-hydrogen) atoms. The van der Waals surface area contributed by atoms with Crippen molar-refractivity contribution in [1.29, 1.82) is 0 Å². The number of Topliss-reactive ketones (excluding diaryl/α,β-unsaturated/α-hetero) is 1. The van der Waals surface area contributed by atoms with Gasteiger partial charge >= 0.3 is 12.4 Å². The lowest BCUT2D eigenvalue weighted by Gasteiger charge is -2.42. The Labute approximate surface area is 265 Å². The number of imide groups is 1. The van der Waals surface area contributed by atoms with E-state index in [1.807, 2.05) is 0 Å². The molecule has 2 aromatic rings. The molecule has 1 fully saturated rings. The average Bonchev–Trinajstić information content (AvgIpc) is 3.26. The van der Waals surface area contributed by atoms with Crippen LogP contribution in [-0.4, -0.2) is 41.7 Å². The van der Waals surface area contributed by atoms with Crippen LogP contribution in [0.15, 0.2) is 75.8 Å². The van der Waals surface area contributed by atoms with E-state index in [4.69, 9.17) is 9.84 Å². The van der Waals surface area contributed by atoms with Crippen LogP contribution < -0.4 is 9.64 Å². The van der Waals surface area contributed by atoms with Gasteiger partial charge in [0.15, 0.2) is 11.6 Å². The summed E-state index contributed by atoms with van der Waals surface area (Å²) in [5.41, 5.74) is -2.83. The fourth-order valence-electron chi connectivity index (χ4n) is 6.83. The number of fused-ring (bicyclic) bond motifs is 3. The van der Waals surface area contributed by atoms with E-state index in [9.17, 15) is 45.5 Å². The molecular weight excluding hydrogens is 688 g/mol. The molecule has 14 heteroatoms. The van der Waals surface area contributed by atoms with Crippen molar-refractivity contribution in [2.45, 2.75) is 31.1 Å². The number of ether oxygens (including phenoxy) is 1. The zero-order valence-electron chi connectivity index (χ0n) is 23.4. The van der Waals surface area contributed by atoms with Crippen LogP contribution in [-0.2, 0) is 31.5 Å². The second kappa shape index (κ2) is 11.3. The molecule has 3 aliphatic carbocycles. The number of halogens is 7. The van der Waals surface area contributed by atoms with Crippen LogP contribution in [0.4, 0.5) is 32.0 Å². The van der Waals surface area contributed by atoms with Crippen LogP contribution >= 0.6 is 15.9 Å². The van der Waals surface area contributed by atoms with Gasteiger partial charge in [0.2, 0.25) is 11.8 Å². The Balaban J connectivity index is 1.44. The van der Waals surface area contributed by atoms with Gasteiger partial charge in [0.25, 0.3) is 0 Å². The van der Waals surface area contributed by atoms with Gasteiger partial charge in [-0.15, -0.1) is 0 Å². The van der Waals surface area contributed by atoms with Gasteiger partial charge < -0.3 is 9.84 Å². The smallest absolute Gasteiger partial charge is 0.416 e. The number of nitrogens with zero attached hydrogens (tertiary/aromatic N) is 1. The number of benzene rings is 2. The van der Waals surface area contributed by atoms with Crippen LogP contribution in [0, 0.1) is 17.8 Å². The summed E-state index contributed by atoms with van der Waals surface area (Å²) in [6.07, 6.45) is -7.79. The van der Waals surface area contributed by atoms with Crippen molar-refractivity contribution >= 4 is 45.0 Å². The Kier molecular flexibility index (Phi) is 7.87. The SMILES string of the molecule is O=C1C=C(Br)C(=O)C2=C1C(c1ccc(OCCO)cc1)C1=CCC3C(=O)N(c4cc(C(F)(F)F)cc(C(F)(F)F)c4)C(=O)C3C1C2. The summed E-state index contributed by atoms with van der Waals surface area (Å²) in [6, 6.07) is 7.09. The number of allylic oxidation sites excluding steroid dienone is 6. The number of carbonyl (C=O) groups is 4. The van der Waals surface area contributed by atoms with Gasteiger partial charge in [0.1, 0.15) is 12.4 Å². The third-order valence-corrected chi connectivity index (χ3v) is 9.32. The second-order valence-corrected chi connectivity index (χ2v) is 12.2. The first kappa shape index (κ1) is 31.9. The van der Waals surface area contributed by atoms with Gasteiger partial charge in [-0.05, 0) is 70.6 Å². The molecule has 0 radical (unpaired) electrons. The summed E-state index contributed by atoms with van der Waals surface area (Å²) < 4.78 is 87.2. The molecule has 0 aromatic heterocycles. The number of aliphatic hydroxyl groups is 1. The normalized spacial score (nSPS) is 24.8. The minimum Gasteiger partial charge on any atom is -0.491 e. The van der Waals surface area contributed by atoms with E-state index in [1.54, 1.807) is 30.3 Å². The molecule has 6 rings (SSSR count). The standard InChI is InChI=1S/C32H22BrF6NO6/c33-23-13-24(42)27-22(28(23)43)12-21-19(25(27)14-1-3-18(4-2-14)46-8-7-41)5-6-20-26(21)30(45)40(29(20)44)17-10-15(31(34,35)36)9-16(11-17)32(37,38)39/h1-5,9-11,13,20-21,25-26,41H,6-8,12H2. The molecule has 0 saturated carbocycles. The fraction of sp³-hybridized carbons (Fsp3) is 0.312. The van der Waals surface area contributed by atoms with Crippen LogP contribution in [0.3, 0.4) is 0 Å². The summed E-state index contributed by atoms with van der Waals surface area (Å²) in [6.45, 7) is -0.194. The van der Waals surface area contributed by atoms with Gasteiger partial charge in [-0.25, -0.2) is 4.90 Å². The second-order valence-electron chi connectivity index (χ2n) is 11.3. The van der Waals surface area contributed by atoms with E-state index in [0.717, 1.165) is 6.08 Å². The van der Waals surface area contributed by atoms with Gasteiger partial charge in [0, 0.05) is 23.1 Å². The molecule has 240 valence electrons. The van der Waals surface area contributed by atoms with Crippen molar-refractivity contribution in [3.8, 4) is 5.75 Å². The number of alkyl halides is 6. The van der Waals surface area contributed by atoms with E-state index in [0.29, 0.717) is 33.9 Å². The van der Waals surface area contributed by atoms with E-state index in [-0.39, 0.29) is 47.8 Å². The maximum absolute atomic E-state index is 14.0. The zero-order valence-corrected chi connectivity index (χ0v) is 25.0. The minimum atomic E-state index is -5.20. The first-order valence-corrected chi connectivity index (χ1v) is 14.8. The number of amides is 2. The molecule has 1 heterocycles. The first-order valence-electron chi connectivity index (χ1n) is 14.0. The molecular formula is C32H22BrF6NO6. The predicted molar refractivity (Wildman–Crippen MR) is 153 cm³/mol. The zero-order chi connectivity index (χ0) is 33.3. The number of anilines is 1. The molecule has 4 atom stereocenters. The van der Waals surface area contributed by atoms with Crippen molar-refractivity contribution in [2.24, 2.45) is 17.8 Å². The lowest BCUT2D eigenvalue weighted by Crippen LogP contribution is -2.39. The van der Waals surface area contributed by atoms with Gasteiger partial charge in [-0.1, -0.05) is 23.8 Å². The highest BCUT2D eigenvalue weighted by molar-refractivity contribution is 9.12. The molecule has 0 spiro atoms. The van der Waals surface area contributed by atoms with E-state index in [1.165, 1.54) is 0 Å². The highest BCUT2D eigenvalue weighted by atomic mass is 79.9. The first-order chi connectivity index (χ1) is 21.6. The molecule has 1 N–H and O–H groups in total. The highest BCUT2D eigenvalue weighted by Crippen LogP contribution is 2.56. The third kappa shape index (κ3) is 5.30. The number of hydrogen-bond acceptors (Lipinski definition) is 6.